The molecular weight excluding hydrogens is 244 g/mol. The van der Waals surface area contributed by atoms with Gasteiger partial charge in [-0.05, 0) is 44.4 Å². The van der Waals surface area contributed by atoms with Crippen molar-refractivity contribution in [2.24, 2.45) is 5.41 Å². The van der Waals surface area contributed by atoms with Crippen molar-refractivity contribution in [3.8, 4) is 0 Å². The van der Waals surface area contributed by atoms with Gasteiger partial charge in [-0.25, -0.2) is 0 Å². The van der Waals surface area contributed by atoms with Gasteiger partial charge in [0.1, 0.15) is 0 Å². The lowest BCUT2D eigenvalue weighted by Crippen LogP contribution is -2.35. The van der Waals surface area contributed by atoms with Crippen molar-refractivity contribution in [2.75, 3.05) is 13.6 Å². The first-order valence-corrected chi connectivity index (χ1v) is 7.57. The van der Waals surface area contributed by atoms with E-state index >= 15 is 0 Å². The Morgan fingerprint density at radius 3 is 2.15 bits per heavy atom. The van der Waals surface area contributed by atoms with Crippen LogP contribution in [0.5, 0.6) is 0 Å². The van der Waals surface area contributed by atoms with E-state index in [2.05, 4.69) is 83.1 Å². The van der Waals surface area contributed by atoms with Crippen molar-refractivity contribution in [1.29, 1.82) is 0 Å². The van der Waals surface area contributed by atoms with Crippen LogP contribution in [-0.4, -0.2) is 24.0 Å². The molecule has 0 fully saturated rings. The Labute approximate surface area is 125 Å². The standard InChI is InChI=1S/C18H32N2/c1-17(2,3)14-20(7)13-16-10-8-9-15(11-16)12-19-18(4,5)6/h8-11,19H,12-14H2,1-7H3. The fourth-order valence-corrected chi connectivity index (χ4v) is 2.38. The Balaban J connectivity index is 2.59. The predicted octanol–water partition coefficient (Wildman–Crippen LogP) is 4.05. The van der Waals surface area contributed by atoms with Crippen LogP contribution in [0.4, 0.5) is 0 Å². The van der Waals surface area contributed by atoms with E-state index in [0.717, 1.165) is 19.6 Å². The van der Waals surface area contributed by atoms with Gasteiger partial charge >= 0.3 is 0 Å². The molecule has 0 radical (unpaired) electrons. The lowest BCUT2D eigenvalue weighted by molar-refractivity contribution is 0.221. The largest absolute Gasteiger partial charge is 0.308 e. The van der Waals surface area contributed by atoms with Gasteiger partial charge in [0.15, 0.2) is 0 Å². The van der Waals surface area contributed by atoms with Crippen LogP contribution in [0.15, 0.2) is 24.3 Å². The number of nitrogens with one attached hydrogen (secondary N) is 1. The van der Waals surface area contributed by atoms with Crippen molar-refractivity contribution < 1.29 is 0 Å². The van der Waals surface area contributed by atoms with Gasteiger partial charge in [0.05, 0.1) is 0 Å². The topological polar surface area (TPSA) is 15.3 Å². The third-order valence-corrected chi connectivity index (χ3v) is 3.01. The van der Waals surface area contributed by atoms with E-state index in [1.807, 2.05) is 0 Å². The SMILES string of the molecule is CN(Cc1cccc(CNC(C)(C)C)c1)CC(C)(C)C. The lowest BCUT2D eigenvalue weighted by Gasteiger charge is -2.26. The molecule has 2 nitrogen and oxygen atoms in total. The highest BCUT2D eigenvalue weighted by atomic mass is 15.1. The van der Waals surface area contributed by atoms with Crippen LogP contribution in [0.3, 0.4) is 0 Å². The maximum Gasteiger partial charge on any atom is 0.0231 e. The highest BCUT2D eigenvalue weighted by Gasteiger charge is 2.14. The molecule has 1 aromatic carbocycles. The summed E-state index contributed by atoms with van der Waals surface area (Å²) in [7, 11) is 2.20. The number of benzene rings is 1. The Hall–Kier alpha value is -0.860. The number of nitrogens with zero attached hydrogens (tertiary/aromatic N) is 1. The molecule has 0 aromatic heterocycles. The van der Waals surface area contributed by atoms with Crippen molar-refractivity contribution in [1.82, 2.24) is 10.2 Å². The second-order valence-corrected chi connectivity index (χ2v) is 8.16. The summed E-state index contributed by atoms with van der Waals surface area (Å²) in [6.07, 6.45) is 0. The van der Waals surface area contributed by atoms with E-state index in [-0.39, 0.29) is 5.54 Å². The summed E-state index contributed by atoms with van der Waals surface area (Å²) in [6.45, 7) is 16.5. The summed E-state index contributed by atoms with van der Waals surface area (Å²) >= 11 is 0. The molecule has 1 N–H and O–H groups in total. The van der Waals surface area contributed by atoms with Gasteiger partial charge in [0.25, 0.3) is 0 Å². The molecule has 1 aromatic rings. The van der Waals surface area contributed by atoms with Crippen molar-refractivity contribution >= 4 is 0 Å². The minimum Gasteiger partial charge on any atom is -0.308 e. The smallest absolute Gasteiger partial charge is 0.0231 e. The van der Waals surface area contributed by atoms with Crippen LogP contribution in [0, 0.1) is 5.41 Å². The molecule has 0 unspecified atom stereocenters. The van der Waals surface area contributed by atoms with Crippen LogP contribution in [-0.2, 0) is 13.1 Å². The number of hydrogen-bond donors (Lipinski definition) is 1. The van der Waals surface area contributed by atoms with Gasteiger partial charge in [-0.15, -0.1) is 0 Å². The first-order chi connectivity index (χ1) is 9.05. The summed E-state index contributed by atoms with van der Waals surface area (Å²) < 4.78 is 0. The monoisotopic (exact) mass is 276 g/mol. The van der Waals surface area contributed by atoms with E-state index in [4.69, 9.17) is 0 Å². The fraction of sp³-hybridized carbons (Fsp3) is 0.667. The Kier molecular flexibility index (Phi) is 5.79. The molecule has 0 aliphatic rings. The zero-order chi connectivity index (χ0) is 15.4. The predicted molar refractivity (Wildman–Crippen MR) is 88.8 cm³/mol. The van der Waals surface area contributed by atoms with E-state index < -0.39 is 0 Å². The van der Waals surface area contributed by atoms with Crippen molar-refractivity contribution in [2.45, 2.75) is 60.2 Å². The zero-order valence-electron chi connectivity index (χ0n) is 14.4. The highest BCUT2D eigenvalue weighted by Crippen LogP contribution is 2.16. The second-order valence-electron chi connectivity index (χ2n) is 8.16. The van der Waals surface area contributed by atoms with Gasteiger partial charge in [0.2, 0.25) is 0 Å². The minimum atomic E-state index is 0.166. The quantitative estimate of drug-likeness (QED) is 0.872. The molecule has 114 valence electrons. The van der Waals surface area contributed by atoms with Gasteiger partial charge in [-0.3, -0.25) is 0 Å². The van der Waals surface area contributed by atoms with Gasteiger partial charge < -0.3 is 10.2 Å². The molecular formula is C18H32N2. The maximum atomic E-state index is 3.54. The average molecular weight is 276 g/mol. The normalized spacial score (nSPS) is 13.0. The third-order valence-electron chi connectivity index (χ3n) is 3.01. The van der Waals surface area contributed by atoms with E-state index in [0.29, 0.717) is 5.41 Å². The molecule has 0 spiro atoms. The van der Waals surface area contributed by atoms with Crippen LogP contribution in [0.2, 0.25) is 0 Å². The molecule has 0 saturated carbocycles. The summed E-state index contributed by atoms with van der Waals surface area (Å²) in [5.41, 5.74) is 3.27. The van der Waals surface area contributed by atoms with Gasteiger partial charge in [-0.2, -0.15) is 0 Å². The maximum absolute atomic E-state index is 3.54. The Bertz CT molecular complexity index is 410. The zero-order valence-corrected chi connectivity index (χ0v) is 14.4. The fourth-order valence-electron chi connectivity index (χ4n) is 2.38. The summed E-state index contributed by atoms with van der Waals surface area (Å²) in [4.78, 5) is 2.40. The number of rotatable bonds is 5. The minimum absolute atomic E-state index is 0.166. The molecule has 2 heteroatoms. The van der Waals surface area contributed by atoms with E-state index in [1.54, 1.807) is 0 Å². The molecule has 1 rings (SSSR count). The highest BCUT2D eigenvalue weighted by molar-refractivity contribution is 5.23. The summed E-state index contributed by atoms with van der Waals surface area (Å²) in [6, 6.07) is 8.91. The second kappa shape index (κ2) is 6.73. The molecule has 0 aliphatic carbocycles. The summed E-state index contributed by atoms with van der Waals surface area (Å²) in [5.74, 6) is 0. The van der Waals surface area contributed by atoms with E-state index in [9.17, 15) is 0 Å². The first kappa shape index (κ1) is 17.2. The van der Waals surface area contributed by atoms with Crippen LogP contribution >= 0.6 is 0 Å². The van der Waals surface area contributed by atoms with Crippen LogP contribution in [0.1, 0.15) is 52.7 Å². The molecule has 20 heavy (non-hydrogen) atoms. The third kappa shape index (κ3) is 7.66. The van der Waals surface area contributed by atoms with Gasteiger partial charge in [-0.1, -0.05) is 45.0 Å². The van der Waals surface area contributed by atoms with E-state index in [1.165, 1.54) is 11.1 Å². The molecule has 0 aliphatic heterocycles. The van der Waals surface area contributed by atoms with Crippen LogP contribution in [0.25, 0.3) is 0 Å². The average Bonchev–Trinajstić information content (AvgIpc) is 2.23. The molecule has 0 amide bonds. The number of hydrogen-bond acceptors (Lipinski definition) is 2. The van der Waals surface area contributed by atoms with Crippen LogP contribution < -0.4 is 5.32 Å². The lowest BCUT2D eigenvalue weighted by atomic mass is 9.96. The molecule has 0 atom stereocenters. The Morgan fingerprint density at radius 2 is 1.60 bits per heavy atom. The first-order valence-electron chi connectivity index (χ1n) is 7.57. The molecule has 0 bridgehead atoms. The summed E-state index contributed by atoms with van der Waals surface area (Å²) in [5, 5.41) is 3.54. The Morgan fingerprint density at radius 1 is 1.00 bits per heavy atom. The molecule has 0 heterocycles. The van der Waals surface area contributed by atoms with Crippen molar-refractivity contribution in [3.63, 3.8) is 0 Å². The van der Waals surface area contributed by atoms with Gasteiger partial charge in [0, 0.05) is 25.2 Å². The van der Waals surface area contributed by atoms with Crippen molar-refractivity contribution in [3.05, 3.63) is 35.4 Å². The molecule has 0 saturated heterocycles.